The standard InChI is InChI=1S/C17H12N4O4/c22-16(14-8-4-5-9-15(14)21(23)24)20-12-10-18-17(19-11-12)25-13-6-2-1-3-7-13/h1-11H,(H,20,22). The van der Waals surface area contributed by atoms with Gasteiger partial charge in [0.05, 0.1) is 23.0 Å². The van der Waals surface area contributed by atoms with Crippen molar-refractivity contribution in [1.29, 1.82) is 0 Å². The maximum Gasteiger partial charge on any atom is 0.322 e. The number of nitrogens with zero attached hydrogens (tertiary/aromatic N) is 3. The lowest BCUT2D eigenvalue weighted by atomic mass is 10.1. The van der Waals surface area contributed by atoms with E-state index in [1.165, 1.54) is 30.6 Å². The molecule has 3 rings (SSSR count). The first kappa shape index (κ1) is 16.1. The zero-order valence-corrected chi connectivity index (χ0v) is 12.8. The Bertz CT molecular complexity index is 898. The molecule has 124 valence electrons. The summed E-state index contributed by atoms with van der Waals surface area (Å²) >= 11 is 0. The fourth-order valence-corrected chi connectivity index (χ4v) is 2.05. The number of para-hydroxylation sites is 2. The van der Waals surface area contributed by atoms with E-state index in [4.69, 9.17) is 4.74 Å². The molecule has 1 amide bonds. The minimum Gasteiger partial charge on any atom is -0.424 e. The van der Waals surface area contributed by atoms with Crippen LogP contribution in [0.2, 0.25) is 0 Å². The monoisotopic (exact) mass is 336 g/mol. The molecule has 0 unspecified atom stereocenters. The van der Waals surface area contributed by atoms with Gasteiger partial charge in [-0.2, -0.15) is 0 Å². The molecule has 8 heteroatoms. The number of carbonyl (C=O) groups excluding carboxylic acids is 1. The first-order chi connectivity index (χ1) is 12.1. The molecular weight excluding hydrogens is 324 g/mol. The van der Waals surface area contributed by atoms with Gasteiger partial charge in [-0.3, -0.25) is 14.9 Å². The van der Waals surface area contributed by atoms with E-state index in [2.05, 4.69) is 15.3 Å². The fraction of sp³-hybridized carbons (Fsp3) is 0. The van der Waals surface area contributed by atoms with E-state index in [1.807, 2.05) is 18.2 Å². The third-order valence-corrected chi connectivity index (χ3v) is 3.18. The van der Waals surface area contributed by atoms with E-state index in [1.54, 1.807) is 18.2 Å². The normalized spacial score (nSPS) is 10.1. The van der Waals surface area contributed by atoms with E-state index in [9.17, 15) is 14.9 Å². The molecule has 0 saturated heterocycles. The lowest BCUT2D eigenvalue weighted by Crippen LogP contribution is -2.14. The maximum atomic E-state index is 12.2. The number of anilines is 1. The summed E-state index contributed by atoms with van der Waals surface area (Å²) in [6.07, 6.45) is 2.72. The smallest absolute Gasteiger partial charge is 0.322 e. The highest BCUT2D eigenvalue weighted by Crippen LogP contribution is 2.20. The number of hydrogen-bond acceptors (Lipinski definition) is 6. The van der Waals surface area contributed by atoms with E-state index >= 15 is 0 Å². The molecule has 1 heterocycles. The average molecular weight is 336 g/mol. The van der Waals surface area contributed by atoms with Crippen molar-refractivity contribution in [3.63, 3.8) is 0 Å². The molecule has 0 radical (unpaired) electrons. The predicted octanol–water partition coefficient (Wildman–Crippen LogP) is 3.43. The molecule has 25 heavy (non-hydrogen) atoms. The molecule has 0 aliphatic carbocycles. The topological polar surface area (TPSA) is 107 Å². The quantitative estimate of drug-likeness (QED) is 0.565. The van der Waals surface area contributed by atoms with Crippen LogP contribution in [0.5, 0.6) is 11.8 Å². The molecule has 1 N–H and O–H groups in total. The number of benzene rings is 2. The minimum absolute atomic E-state index is 0.0443. The second-order valence-electron chi connectivity index (χ2n) is 4.90. The zero-order valence-electron chi connectivity index (χ0n) is 12.8. The Kier molecular flexibility index (Phi) is 4.61. The summed E-state index contributed by atoms with van der Waals surface area (Å²) < 4.78 is 5.45. The second-order valence-corrected chi connectivity index (χ2v) is 4.90. The van der Waals surface area contributed by atoms with Gasteiger partial charge < -0.3 is 10.1 Å². The molecular formula is C17H12N4O4. The fourth-order valence-electron chi connectivity index (χ4n) is 2.05. The van der Waals surface area contributed by atoms with Gasteiger partial charge in [0.25, 0.3) is 11.6 Å². The first-order valence-corrected chi connectivity index (χ1v) is 7.23. The van der Waals surface area contributed by atoms with Crippen LogP contribution in [-0.4, -0.2) is 20.8 Å². The number of ether oxygens (including phenoxy) is 1. The number of aromatic nitrogens is 2. The zero-order chi connectivity index (χ0) is 17.6. The van der Waals surface area contributed by atoms with Crippen LogP contribution in [-0.2, 0) is 0 Å². The van der Waals surface area contributed by atoms with Gasteiger partial charge in [0.15, 0.2) is 0 Å². The number of carbonyl (C=O) groups is 1. The number of amides is 1. The highest BCUT2D eigenvalue weighted by Gasteiger charge is 2.19. The summed E-state index contributed by atoms with van der Waals surface area (Å²) in [7, 11) is 0. The largest absolute Gasteiger partial charge is 0.424 e. The van der Waals surface area contributed by atoms with Gasteiger partial charge in [-0.25, -0.2) is 9.97 Å². The Morgan fingerprint density at radius 1 is 1.00 bits per heavy atom. The van der Waals surface area contributed by atoms with Crippen molar-refractivity contribution in [3.05, 3.63) is 82.7 Å². The third kappa shape index (κ3) is 3.94. The number of hydrogen-bond donors (Lipinski definition) is 1. The summed E-state index contributed by atoms with van der Waals surface area (Å²) in [6, 6.07) is 14.8. The van der Waals surface area contributed by atoms with Crippen molar-refractivity contribution in [2.45, 2.75) is 0 Å². The van der Waals surface area contributed by atoms with E-state index in [0.29, 0.717) is 11.4 Å². The number of rotatable bonds is 5. The molecule has 2 aromatic carbocycles. The Morgan fingerprint density at radius 3 is 2.32 bits per heavy atom. The van der Waals surface area contributed by atoms with Crippen LogP contribution < -0.4 is 10.1 Å². The van der Waals surface area contributed by atoms with Crippen molar-refractivity contribution in [3.8, 4) is 11.8 Å². The van der Waals surface area contributed by atoms with E-state index in [0.717, 1.165) is 0 Å². The summed E-state index contributed by atoms with van der Waals surface area (Å²) in [5.41, 5.74) is -0.0226. The van der Waals surface area contributed by atoms with Crippen LogP contribution in [0.25, 0.3) is 0 Å². The average Bonchev–Trinajstić information content (AvgIpc) is 2.64. The number of nitrogens with one attached hydrogen (secondary N) is 1. The minimum atomic E-state index is -0.618. The van der Waals surface area contributed by atoms with Crippen LogP contribution in [0, 0.1) is 10.1 Å². The molecule has 0 aliphatic heterocycles. The van der Waals surface area contributed by atoms with Crippen molar-refractivity contribution in [1.82, 2.24) is 9.97 Å². The lowest BCUT2D eigenvalue weighted by molar-refractivity contribution is -0.385. The summed E-state index contributed by atoms with van der Waals surface area (Å²) in [4.78, 5) is 30.6. The van der Waals surface area contributed by atoms with Gasteiger partial charge >= 0.3 is 6.01 Å². The van der Waals surface area contributed by atoms with Gasteiger partial charge in [-0.1, -0.05) is 30.3 Å². The van der Waals surface area contributed by atoms with Crippen molar-refractivity contribution in [2.24, 2.45) is 0 Å². The maximum absolute atomic E-state index is 12.2. The van der Waals surface area contributed by atoms with Crippen LogP contribution in [0.15, 0.2) is 67.0 Å². The Morgan fingerprint density at radius 2 is 1.64 bits per heavy atom. The highest BCUT2D eigenvalue weighted by molar-refractivity contribution is 6.06. The Balaban J connectivity index is 1.71. The van der Waals surface area contributed by atoms with Crippen LogP contribution >= 0.6 is 0 Å². The highest BCUT2D eigenvalue weighted by atomic mass is 16.6. The summed E-state index contributed by atoms with van der Waals surface area (Å²) in [5, 5.41) is 13.5. The van der Waals surface area contributed by atoms with Gasteiger partial charge in [-0.15, -0.1) is 0 Å². The Labute approximate surface area is 142 Å². The molecule has 0 saturated carbocycles. The molecule has 8 nitrogen and oxygen atoms in total. The molecule has 0 fully saturated rings. The lowest BCUT2D eigenvalue weighted by Gasteiger charge is -2.06. The van der Waals surface area contributed by atoms with Crippen LogP contribution in [0.3, 0.4) is 0 Å². The van der Waals surface area contributed by atoms with Gasteiger partial charge in [0.1, 0.15) is 11.3 Å². The molecule has 0 atom stereocenters. The summed E-state index contributed by atoms with van der Waals surface area (Å²) in [6.45, 7) is 0. The van der Waals surface area contributed by atoms with Crippen LogP contribution in [0.4, 0.5) is 11.4 Å². The van der Waals surface area contributed by atoms with Crippen LogP contribution in [0.1, 0.15) is 10.4 Å². The van der Waals surface area contributed by atoms with Gasteiger partial charge in [-0.05, 0) is 18.2 Å². The van der Waals surface area contributed by atoms with E-state index < -0.39 is 10.8 Å². The first-order valence-electron chi connectivity index (χ1n) is 7.23. The van der Waals surface area contributed by atoms with Gasteiger partial charge in [0, 0.05) is 6.07 Å². The molecule has 0 aliphatic rings. The SMILES string of the molecule is O=C(Nc1cnc(Oc2ccccc2)nc1)c1ccccc1[N+](=O)[O-]. The number of nitro groups is 1. The molecule has 1 aromatic heterocycles. The van der Waals surface area contributed by atoms with Crippen molar-refractivity contribution >= 4 is 17.3 Å². The van der Waals surface area contributed by atoms with E-state index in [-0.39, 0.29) is 17.3 Å². The predicted molar refractivity (Wildman–Crippen MR) is 89.6 cm³/mol. The summed E-state index contributed by atoms with van der Waals surface area (Å²) in [5.74, 6) is -0.0353. The number of nitro benzene ring substituents is 1. The van der Waals surface area contributed by atoms with Crippen molar-refractivity contribution in [2.75, 3.05) is 5.32 Å². The third-order valence-electron chi connectivity index (χ3n) is 3.18. The molecule has 3 aromatic rings. The second kappa shape index (κ2) is 7.18. The Hall–Kier alpha value is -3.81. The molecule has 0 bridgehead atoms. The van der Waals surface area contributed by atoms with Crippen molar-refractivity contribution < 1.29 is 14.5 Å². The molecule has 0 spiro atoms. The van der Waals surface area contributed by atoms with Gasteiger partial charge in [0.2, 0.25) is 0 Å².